The van der Waals surface area contributed by atoms with Gasteiger partial charge >= 0.3 is 0 Å². The minimum atomic E-state index is 0. The summed E-state index contributed by atoms with van der Waals surface area (Å²) < 4.78 is 5.71. The smallest absolute Gasteiger partial charge is 0.222 e. The van der Waals surface area contributed by atoms with Crippen LogP contribution in [0.4, 0.5) is 0 Å². The van der Waals surface area contributed by atoms with Crippen molar-refractivity contribution in [2.24, 2.45) is 4.99 Å². The fourth-order valence-corrected chi connectivity index (χ4v) is 3.03. The average Bonchev–Trinajstić information content (AvgIpc) is 3.10. The third-order valence-electron chi connectivity index (χ3n) is 4.49. The Labute approximate surface area is 186 Å². The SMILES string of the molecule is CCNC(=NCCCN1CCCC1=O)NCCCCOCc1ccccc1.I. The van der Waals surface area contributed by atoms with Crippen molar-refractivity contribution >= 4 is 35.8 Å². The van der Waals surface area contributed by atoms with Crippen LogP contribution in [-0.2, 0) is 16.1 Å². The lowest BCUT2D eigenvalue weighted by molar-refractivity contribution is -0.127. The first kappa shape index (κ1) is 24.7. The van der Waals surface area contributed by atoms with Crippen molar-refractivity contribution in [3.8, 4) is 0 Å². The van der Waals surface area contributed by atoms with Gasteiger partial charge in [0.25, 0.3) is 0 Å². The molecular formula is C21H35IN4O2. The molecule has 0 saturated carbocycles. The lowest BCUT2D eigenvalue weighted by atomic mass is 10.2. The highest BCUT2D eigenvalue weighted by Gasteiger charge is 2.18. The number of guanidine groups is 1. The fraction of sp³-hybridized carbons (Fsp3) is 0.619. The Morgan fingerprint density at radius 1 is 1.18 bits per heavy atom. The van der Waals surface area contributed by atoms with Crippen LogP contribution in [0, 0.1) is 0 Å². The number of unbranched alkanes of at least 4 members (excludes halogenated alkanes) is 1. The van der Waals surface area contributed by atoms with Crippen LogP contribution >= 0.6 is 24.0 Å². The van der Waals surface area contributed by atoms with E-state index in [9.17, 15) is 4.79 Å². The molecule has 1 saturated heterocycles. The van der Waals surface area contributed by atoms with Gasteiger partial charge in [0, 0.05) is 45.8 Å². The Balaban J connectivity index is 0.00000392. The Kier molecular flexibility index (Phi) is 13.7. The molecule has 1 aromatic carbocycles. The number of hydrogen-bond donors (Lipinski definition) is 2. The summed E-state index contributed by atoms with van der Waals surface area (Å²) >= 11 is 0. The van der Waals surface area contributed by atoms with Crippen molar-refractivity contribution in [3.05, 3.63) is 35.9 Å². The van der Waals surface area contributed by atoms with E-state index in [-0.39, 0.29) is 24.0 Å². The Morgan fingerprint density at radius 2 is 2.00 bits per heavy atom. The molecule has 0 aliphatic carbocycles. The molecule has 7 heteroatoms. The van der Waals surface area contributed by atoms with Gasteiger partial charge in [-0.05, 0) is 38.2 Å². The molecule has 1 aromatic rings. The number of nitrogens with one attached hydrogen (secondary N) is 2. The normalized spacial score (nSPS) is 14.1. The molecule has 0 atom stereocenters. The highest BCUT2D eigenvalue weighted by atomic mass is 127. The summed E-state index contributed by atoms with van der Waals surface area (Å²) in [7, 11) is 0. The van der Waals surface area contributed by atoms with E-state index in [0.29, 0.717) is 18.9 Å². The molecule has 0 radical (unpaired) electrons. The minimum Gasteiger partial charge on any atom is -0.377 e. The molecule has 0 unspecified atom stereocenters. The van der Waals surface area contributed by atoms with Crippen LogP contribution in [0.5, 0.6) is 0 Å². The number of nitrogens with zero attached hydrogens (tertiary/aromatic N) is 2. The lowest BCUT2D eigenvalue weighted by Gasteiger charge is -2.15. The number of amides is 1. The molecular weight excluding hydrogens is 467 g/mol. The van der Waals surface area contributed by atoms with E-state index in [4.69, 9.17) is 4.74 Å². The molecule has 0 aromatic heterocycles. The summed E-state index contributed by atoms with van der Waals surface area (Å²) in [6.45, 7) is 7.71. The summed E-state index contributed by atoms with van der Waals surface area (Å²) in [4.78, 5) is 18.1. The molecule has 1 fully saturated rings. The molecule has 6 nitrogen and oxygen atoms in total. The largest absolute Gasteiger partial charge is 0.377 e. The minimum absolute atomic E-state index is 0. The summed E-state index contributed by atoms with van der Waals surface area (Å²) in [5, 5.41) is 6.64. The van der Waals surface area contributed by atoms with Gasteiger partial charge in [0.2, 0.25) is 5.91 Å². The average molecular weight is 502 g/mol. The zero-order valence-corrected chi connectivity index (χ0v) is 19.3. The van der Waals surface area contributed by atoms with Crippen molar-refractivity contribution < 1.29 is 9.53 Å². The number of benzene rings is 1. The van der Waals surface area contributed by atoms with Crippen molar-refractivity contribution in [1.29, 1.82) is 0 Å². The summed E-state index contributed by atoms with van der Waals surface area (Å²) in [5.41, 5.74) is 1.22. The first-order valence-corrected chi connectivity index (χ1v) is 10.2. The molecule has 2 rings (SSSR count). The van der Waals surface area contributed by atoms with Gasteiger partial charge in [-0.15, -0.1) is 24.0 Å². The molecule has 0 bridgehead atoms. The van der Waals surface area contributed by atoms with E-state index in [1.807, 2.05) is 23.1 Å². The number of rotatable bonds is 12. The van der Waals surface area contributed by atoms with Gasteiger partial charge in [-0.1, -0.05) is 30.3 Å². The zero-order chi connectivity index (χ0) is 19.2. The van der Waals surface area contributed by atoms with Crippen molar-refractivity contribution in [2.45, 2.75) is 45.6 Å². The van der Waals surface area contributed by atoms with E-state index < -0.39 is 0 Å². The van der Waals surface area contributed by atoms with Gasteiger partial charge in [0.1, 0.15) is 0 Å². The number of hydrogen-bond acceptors (Lipinski definition) is 3. The molecule has 2 N–H and O–H groups in total. The fourth-order valence-electron chi connectivity index (χ4n) is 3.03. The quantitative estimate of drug-likeness (QED) is 0.200. The zero-order valence-electron chi connectivity index (χ0n) is 17.0. The second kappa shape index (κ2) is 15.6. The maximum atomic E-state index is 11.6. The van der Waals surface area contributed by atoms with Crippen LogP contribution < -0.4 is 10.6 Å². The number of carbonyl (C=O) groups is 1. The first-order valence-electron chi connectivity index (χ1n) is 10.2. The van der Waals surface area contributed by atoms with Gasteiger partial charge < -0.3 is 20.3 Å². The predicted molar refractivity (Wildman–Crippen MR) is 125 cm³/mol. The highest BCUT2D eigenvalue weighted by Crippen LogP contribution is 2.09. The lowest BCUT2D eigenvalue weighted by Crippen LogP contribution is -2.38. The van der Waals surface area contributed by atoms with Crippen molar-refractivity contribution in [2.75, 3.05) is 39.3 Å². The van der Waals surface area contributed by atoms with Crippen LogP contribution in [-0.4, -0.2) is 56.1 Å². The topological polar surface area (TPSA) is 66.0 Å². The Hall–Kier alpha value is -1.35. The molecule has 1 aliphatic rings. The number of carbonyl (C=O) groups excluding carboxylic acids is 1. The molecule has 1 aliphatic heterocycles. The van der Waals surface area contributed by atoms with E-state index in [2.05, 4.69) is 34.7 Å². The highest BCUT2D eigenvalue weighted by molar-refractivity contribution is 14.0. The number of aliphatic imine (C=N–C) groups is 1. The third-order valence-corrected chi connectivity index (χ3v) is 4.49. The second-order valence-electron chi connectivity index (χ2n) is 6.77. The summed E-state index contributed by atoms with van der Waals surface area (Å²) in [6, 6.07) is 10.3. The predicted octanol–water partition coefficient (Wildman–Crippen LogP) is 3.17. The third kappa shape index (κ3) is 10.3. The summed E-state index contributed by atoms with van der Waals surface area (Å²) in [6.07, 6.45) is 4.69. The van der Waals surface area contributed by atoms with E-state index in [1.165, 1.54) is 5.56 Å². The van der Waals surface area contributed by atoms with Crippen molar-refractivity contribution in [1.82, 2.24) is 15.5 Å². The number of likely N-dealkylation sites (tertiary alicyclic amines) is 1. The maximum Gasteiger partial charge on any atom is 0.222 e. The van der Waals surface area contributed by atoms with E-state index in [0.717, 1.165) is 71.0 Å². The van der Waals surface area contributed by atoms with Gasteiger partial charge in [0.05, 0.1) is 6.61 Å². The van der Waals surface area contributed by atoms with Crippen LogP contribution in [0.2, 0.25) is 0 Å². The standard InChI is InChI=1S/C21H34N4O2.HI/c1-2-22-21(24-14-9-16-25-15-8-12-20(25)26)23-13-6-7-17-27-18-19-10-4-3-5-11-19;/h3-5,10-11H,2,6-9,12-18H2,1H3,(H2,22,23,24);1H. The first-order chi connectivity index (χ1) is 13.3. The van der Waals surface area contributed by atoms with Crippen LogP contribution in [0.3, 0.4) is 0 Å². The van der Waals surface area contributed by atoms with Crippen LogP contribution in [0.1, 0.15) is 44.6 Å². The van der Waals surface area contributed by atoms with Crippen LogP contribution in [0.15, 0.2) is 35.3 Å². The Morgan fingerprint density at radius 3 is 2.71 bits per heavy atom. The maximum absolute atomic E-state index is 11.6. The second-order valence-corrected chi connectivity index (χ2v) is 6.77. The van der Waals surface area contributed by atoms with Gasteiger partial charge in [-0.25, -0.2) is 0 Å². The molecule has 0 spiro atoms. The molecule has 28 heavy (non-hydrogen) atoms. The van der Waals surface area contributed by atoms with Crippen LogP contribution in [0.25, 0.3) is 0 Å². The van der Waals surface area contributed by atoms with Gasteiger partial charge in [0.15, 0.2) is 5.96 Å². The summed E-state index contributed by atoms with van der Waals surface area (Å²) in [5.74, 6) is 1.15. The van der Waals surface area contributed by atoms with Gasteiger partial charge in [-0.3, -0.25) is 9.79 Å². The Bertz CT molecular complexity index is 569. The molecule has 1 amide bonds. The van der Waals surface area contributed by atoms with Gasteiger partial charge in [-0.2, -0.15) is 0 Å². The van der Waals surface area contributed by atoms with E-state index >= 15 is 0 Å². The number of halogens is 1. The monoisotopic (exact) mass is 502 g/mol. The molecule has 158 valence electrons. The number of ether oxygens (including phenoxy) is 1. The van der Waals surface area contributed by atoms with Crippen molar-refractivity contribution in [3.63, 3.8) is 0 Å². The molecule has 1 heterocycles. The van der Waals surface area contributed by atoms with E-state index in [1.54, 1.807) is 0 Å².